The van der Waals surface area contributed by atoms with Gasteiger partial charge in [0.05, 0.1) is 5.56 Å². The molecule has 0 saturated carbocycles. The van der Waals surface area contributed by atoms with Gasteiger partial charge >= 0.3 is 5.97 Å². The van der Waals surface area contributed by atoms with E-state index in [0.717, 1.165) is 36.2 Å². The maximum absolute atomic E-state index is 12.5. The number of cyclic esters (lactones) is 1. The van der Waals surface area contributed by atoms with Gasteiger partial charge in [0.15, 0.2) is 5.70 Å². The van der Waals surface area contributed by atoms with Gasteiger partial charge in [-0.3, -0.25) is 0 Å². The van der Waals surface area contributed by atoms with Crippen molar-refractivity contribution in [3.63, 3.8) is 0 Å². The summed E-state index contributed by atoms with van der Waals surface area (Å²) in [5, 5.41) is 4.42. The first-order chi connectivity index (χ1) is 13.7. The van der Waals surface area contributed by atoms with Crippen molar-refractivity contribution in [3.05, 3.63) is 99.3 Å². The van der Waals surface area contributed by atoms with Crippen LogP contribution in [0.1, 0.15) is 11.1 Å². The van der Waals surface area contributed by atoms with Crippen LogP contribution in [0.4, 0.5) is 0 Å². The molecule has 0 bridgehead atoms. The van der Waals surface area contributed by atoms with Crippen molar-refractivity contribution in [2.24, 2.45) is 4.99 Å². The second-order valence-corrected chi connectivity index (χ2v) is 7.71. The van der Waals surface area contributed by atoms with E-state index in [0.29, 0.717) is 11.6 Å². The lowest BCUT2D eigenvalue weighted by Gasteiger charge is -2.08. The van der Waals surface area contributed by atoms with Crippen LogP contribution in [0.2, 0.25) is 0 Å². The molecule has 0 unspecified atom stereocenters. The average molecular weight is 475 g/mol. The molecule has 0 N–H and O–H groups in total. The summed E-state index contributed by atoms with van der Waals surface area (Å²) in [6.07, 6.45) is 1.84. The zero-order chi connectivity index (χ0) is 19.1. The molecule has 0 amide bonds. The summed E-state index contributed by atoms with van der Waals surface area (Å²) in [7, 11) is 0. The fourth-order valence-electron chi connectivity index (χ4n) is 3.50. The average Bonchev–Trinajstić information content (AvgIpc) is 3.08. The molecule has 1 aliphatic rings. The van der Waals surface area contributed by atoms with Crippen molar-refractivity contribution in [1.29, 1.82) is 0 Å². The molecule has 28 heavy (non-hydrogen) atoms. The Morgan fingerprint density at radius 2 is 1.43 bits per heavy atom. The monoisotopic (exact) mass is 475 g/mol. The van der Waals surface area contributed by atoms with Gasteiger partial charge in [-0.15, -0.1) is 0 Å². The molecule has 5 rings (SSSR count). The molecule has 0 aliphatic carbocycles. The minimum atomic E-state index is -0.424. The van der Waals surface area contributed by atoms with Gasteiger partial charge in [0.25, 0.3) is 0 Å². The Labute approximate surface area is 175 Å². The highest BCUT2D eigenvalue weighted by atomic mass is 127. The number of benzene rings is 4. The number of halogens is 1. The maximum Gasteiger partial charge on any atom is 0.363 e. The third-order valence-corrected chi connectivity index (χ3v) is 5.76. The summed E-state index contributed by atoms with van der Waals surface area (Å²) < 4.78 is 6.46. The number of esters is 1. The predicted octanol–water partition coefficient (Wildman–Crippen LogP) is 5.94. The summed E-state index contributed by atoms with van der Waals surface area (Å²) in [5.74, 6) is -0.0718. The molecule has 3 nitrogen and oxygen atoms in total. The Balaban J connectivity index is 1.73. The van der Waals surface area contributed by atoms with Gasteiger partial charge in [-0.2, -0.15) is 0 Å². The lowest BCUT2D eigenvalue weighted by atomic mass is 9.96. The fraction of sp³-hybridized carbons (Fsp3) is 0. The standard InChI is InChI=1S/C24H14INO2/c25-21-12-6-5-11-19(21)23-26-22(24(27)28-23)14-20-17-9-3-1-7-15(17)13-16-8-2-4-10-18(16)20/h1-14H. The van der Waals surface area contributed by atoms with Gasteiger partial charge in [-0.1, -0.05) is 60.7 Å². The first kappa shape index (κ1) is 17.1. The van der Waals surface area contributed by atoms with Crippen LogP contribution in [-0.2, 0) is 9.53 Å². The van der Waals surface area contributed by atoms with Crippen LogP contribution < -0.4 is 0 Å². The highest BCUT2D eigenvalue weighted by molar-refractivity contribution is 14.1. The number of aliphatic imine (C=N–C) groups is 1. The number of carbonyl (C=O) groups is 1. The van der Waals surface area contributed by atoms with Crippen LogP contribution in [0.3, 0.4) is 0 Å². The van der Waals surface area contributed by atoms with Gasteiger partial charge < -0.3 is 4.74 Å². The molecule has 4 aromatic carbocycles. The predicted molar refractivity (Wildman–Crippen MR) is 121 cm³/mol. The zero-order valence-electron chi connectivity index (χ0n) is 14.7. The summed E-state index contributed by atoms with van der Waals surface area (Å²) in [6.45, 7) is 0. The molecule has 0 saturated heterocycles. The van der Waals surface area contributed by atoms with E-state index in [4.69, 9.17) is 4.74 Å². The van der Waals surface area contributed by atoms with Crippen molar-refractivity contribution < 1.29 is 9.53 Å². The van der Waals surface area contributed by atoms with Crippen molar-refractivity contribution in [3.8, 4) is 0 Å². The normalized spacial score (nSPS) is 15.2. The van der Waals surface area contributed by atoms with E-state index in [1.54, 1.807) is 0 Å². The molecular formula is C24H14INO2. The first-order valence-electron chi connectivity index (χ1n) is 8.89. The zero-order valence-corrected chi connectivity index (χ0v) is 16.9. The van der Waals surface area contributed by atoms with E-state index < -0.39 is 5.97 Å². The van der Waals surface area contributed by atoms with Gasteiger partial charge in [-0.25, -0.2) is 9.79 Å². The lowest BCUT2D eigenvalue weighted by Crippen LogP contribution is -2.06. The molecular weight excluding hydrogens is 461 g/mol. The van der Waals surface area contributed by atoms with E-state index in [9.17, 15) is 4.79 Å². The molecule has 0 fully saturated rings. The van der Waals surface area contributed by atoms with Gasteiger partial charge in [0.2, 0.25) is 5.90 Å². The molecule has 4 aromatic rings. The first-order valence-corrected chi connectivity index (χ1v) is 9.96. The minimum Gasteiger partial charge on any atom is -0.402 e. The highest BCUT2D eigenvalue weighted by Gasteiger charge is 2.25. The number of hydrogen-bond donors (Lipinski definition) is 0. The molecule has 1 aliphatic heterocycles. The minimum absolute atomic E-state index is 0.316. The molecule has 0 radical (unpaired) electrons. The van der Waals surface area contributed by atoms with Crippen LogP contribution in [0.5, 0.6) is 0 Å². The largest absolute Gasteiger partial charge is 0.402 e. The summed E-state index contributed by atoms with van der Waals surface area (Å²) in [6, 6.07) is 26.2. The molecule has 0 aromatic heterocycles. The topological polar surface area (TPSA) is 38.7 Å². The van der Waals surface area contributed by atoms with Crippen molar-refractivity contribution in [2.75, 3.05) is 0 Å². The molecule has 0 spiro atoms. The van der Waals surface area contributed by atoms with E-state index >= 15 is 0 Å². The Morgan fingerprint density at radius 1 is 0.821 bits per heavy atom. The van der Waals surface area contributed by atoms with Gasteiger partial charge in [-0.05, 0) is 74.0 Å². The number of ether oxygens (including phenoxy) is 1. The Kier molecular flexibility index (Phi) is 4.20. The number of hydrogen-bond acceptors (Lipinski definition) is 3. The van der Waals surface area contributed by atoms with Crippen LogP contribution in [0.15, 0.2) is 89.6 Å². The van der Waals surface area contributed by atoms with Crippen LogP contribution in [0.25, 0.3) is 27.6 Å². The second-order valence-electron chi connectivity index (χ2n) is 6.55. The molecule has 0 atom stereocenters. The SMILES string of the molecule is O=C1OC(c2ccccc2I)=NC1=Cc1c2ccccc2cc2ccccc12. The quantitative estimate of drug-likeness (QED) is 0.156. The van der Waals surface area contributed by atoms with E-state index in [1.807, 2.05) is 54.6 Å². The van der Waals surface area contributed by atoms with Crippen LogP contribution in [0, 0.1) is 3.57 Å². The van der Waals surface area contributed by atoms with Gasteiger partial charge in [0, 0.05) is 3.57 Å². The van der Waals surface area contributed by atoms with Crippen molar-refractivity contribution in [1.82, 2.24) is 0 Å². The Bertz CT molecular complexity index is 1270. The number of fused-ring (bicyclic) bond motifs is 2. The summed E-state index contributed by atoms with van der Waals surface area (Å²) >= 11 is 2.22. The van der Waals surface area contributed by atoms with Crippen LogP contribution in [-0.4, -0.2) is 11.9 Å². The molecule has 4 heteroatoms. The summed E-state index contributed by atoms with van der Waals surface area (Å²) in [5.41, 5.74) is 2.12. The Hall–Kier alpha value is -2.99. The van der Waals surface area contributed by atoms with Crippen molar-refractivity contribution in [2.45, 2.75) is 0 Å². The lowest BCUT2D eigenvalue weighted by molar-refractivity contribution is -0.129. The van der Waals surface area contributed by atoms with E-state index in [2.05, 4.69) is 57.9 Å². The number of rotatable bonds is 2. The highest BCUT2D eigenvalue weighted by Crippen LogP contribution is 2.31. The maximum atomic E-state index is 12.5. The van der Waals surface area contributed by atoms with E-state index in [-0.39, 0.29) is 0 Å². The number of carbonyl (C=O) groups excluding carboxylic acids is 1. The van der Waals surface area contributed by atoms with Crippen molar-refractivity contribution >= 4 is 62.1 Å². The molecule has 1 heterocycles. The third kappa shape index (κ3) is 2.90. The van der Waals surface area contributed by atoms with E-state index in [1.165, 1.54) is 0 Å². The number of nitrogens with zero attached hydrogens (tertiary/aromatic N) is 1. The third-order valence-electron chi connectivity index (χ3n) is 4.82. The summed E-state index contributed by atoms with van der Waals surface area (Å²) in [4.78, 5) is 17.0. The van der Waals surface area contributed by atoms with Gasteiger partial charge in [0.1, 0.15) is 0 Å². The second kappa shape index (κ2) is 6.87. The Morgan fingerprint density at radius 3 is 2.11 bits per heavy atom. The smallest absolute Gasteiger partial charge is 0.363 e. The van der Waals surface area contributed by atoms with Crippen LogP contribution >= 0.6 is 22.6 Å². The molecule has 134 valence electrons. The fourth-order valence-corrected chi connectivity index (χ4v) is 4.12.